The van der Waals surface area contributed by atoms with Gasteiger partial charge >= 0.3 is 0 Å². The van der Waals surface area contributed by atoms with Crippen LogP contribution in [0.4, 0.5) is 5.82 Å². The van der Waals surface area contributed by atoms with Crippen LogP contribution in [0.25, 0.3) is 0 Å². The summed E-state index contributed by atoms with van der Waals surface area (Å²) in [4.78, 5) is 8.22. The second-order valence-electron chi connectivity index (χ2n) is 4.14. The molecule has 0 atom stereocenters. The first kappa shape index (κ1) is 12.6. The number of aliphatic hydroxyl groups is 1. The average molecular weight is 255 g/mol. The summed E-state index contributed by atoms with van der Waals surface area (Å²) < 4.78 is 5.24. The molecule has 2 heterocycles. The van der Waals surface area contributed by atoms with Crippen LogP contribution in [-0.2, 0) is 4.74 Å². The molecule has 0 bridgehead atoms. The SMILES string of the molecule is CSc1cc(NCC2(O)CCOCC2)ncn1. The van der Waals surface area contributed by atoms with E-state index in [0.29, 0.717) is 32.6 Å². The molecule has 1 fully saturated rings. The van der Waals surface area contributed by atoms with Crippen molar-refractivity contribution in [2.75, 3.05) is 31.3 Å². The molecular weight excluding hydrogens is 238 g/mol. The molecule has 1 aliphatic rings. The van der Waals surface area contributed by atoms with Gasteiger partial charge in [0.2, 0.25) is 0 Å². The van der Waals surface area contributed by atoms with Crippen LogP contribution in [0, 0.1) is 0 Å². The fraction of sp³-hybridized carbons (Fsp3) is 0.636. The Balaban J connectivity index is 1.92. The van der Waals surface area contributed by atoms with Crippen molar-refractivity contribution in [3.8, 4) is 0 Å². The predicted molar refractivity (Wildman–Crippen MR) is 67.3 cm³/mol. The number of hydrogen-bond acceptors (Lipinski definition) is 6. The third-order valence-electron chi connectivity index (χ3n) is 2.87. The maximum Gasteiger partial charge on any atom is 0.130 e. The number of anilines is 1. The van der Waals surface area contributed by atoms with Crippen LogP contribution in [0.5, 0.6) is 0 Å². The van der Waals surface area contributed by atoms with Crippen molar-refractivity contribution < 1.29 is 9.84 Å². The zero-order valence-corrected chi connectivity index (χ0v) is 10.7. The van der Waals surface area contributed by atoms with E-state index in [1.807, 2.05) is 12.3 Å². The molecule has 1 saturated heterocycles. The Kier molecular flexibility index (Phi) is 4.20. The van der Waals surface area contributed by atoms with Crippen molar-refractivity contribution in [1.82, 2.24) is 9.97 Å². The van der Waals surface area contributed by atoms with Crippen LogP contribution < -0.4 is 5.32 Å². The van der Waals surface area contributed by atoms with Gasteiger partial charge in [0.15, 0.2) is 0 Å². The van der Waals surface area contributed by atoms with E-state index in [1.54, 1.807) is 11.8 Å². The molecule has 1 aliphatic heterocycles. The molecule has 0 aliphatic carbocycles. The summed E-state index contributed by atoms with van der Waals surface area (Å²) in [5, 5.41) is 14.3. The lowest BCUT2D eigenvalue weighted by Crippen LogP contribution is -2.42. The lowest BCUT2D eigenvalue weighted by molar-refractivity contribution is -0.0543. The van der Waals surface area contributed by atoms with Crippen LogP contribution in [0.2, 0.25) is 0 Å². The third kappa shape index (κ3) is 3.55. The van der Waals surface area contributed by atoms with E-state index in [2.05, 4.69) is 15.3 Å². The van der Waals surface area contributed by atoms with Gasteiger partial charge in [-0.25, -0.2) is 9.97 Å². The van der Waals surface area contributed by atoms with Gasteiger partial charge in [0.05, 0.1) is 5.60 Å². The minimum absolute atomic E-state index is 0.501. The first-order valence-corrected chi connectivity index (χ1v) is 6.84. The van der Waals surface area contributed by atoms with E-state index in [9.17, 15) is 5.11 Å². The summed E-state index contributed by atoms with van der Waals surface area (Å²) in [6, 6.07) is 1.88. The number of ether oxygens (including phenoxy) is 1. The Morgan fingerprint density at radius 2 is 2.24 bits per heavy atom. The maximum absolute atomic E-state index is 10.3. The molecule has 2 N–H and O–H groups in total. The highest BCUT2D eigenvalue weighted by atomic mass is 32.2. The fourth-order valence-electron chi connectivity index (χ4n) is 1.73. The molecule has 0 radical (unpaired) electrons. The van der Waals surface area contributed by atoms with Gasteiger partial charge < -0.3 is 15.2 Å². The van der Waals surface area contributed by atoms with Crippen molar-refractivity contribution in [2.45, 2.75) is 23.5 Å². The Morgan fingerprint density at radius 3 is 2.94 bits per heavy atom. The highest BCUT2D eigenvalue weighted by molar-refractivity contribution is 7.98. The molecule has 0 unspecified atom stereocenters. The van der Waals surface area contributed by atoms with E-state index < -0.39 is 5.60 Å². The number of thioether (sulfide) groups is 1. The third-order valence-corrected chi connectivity index (χ3v) is 3.51. The number of aromatic nitrogens is 2. The molecule has 6 heteroatoms. The van der Waals surface area contributed by atoms with Gasteiger partial charge in [-0.3, -0.25) is 0 Å². The first-order chi connectivity index (χ1) is 8.22. The van der Waals surface area contributed by atoms with E-state index in [0.717, 1.165) is 10.8 Å². The zero-order valence-electron chi connectivity index (χ0n) is 9.85. The molecule has 0 spiro atoms. The fourth-order valence-corrected chi connectivity index (χ4v) is 2.11. The van der Waals surface area contributed by atoms with Crippen LogP contribution in [0.15, 0.2) is 17.4 Å². The van der Waals surface area contributed by atoms with Crippen LogP contribution >= 0.6 is 11.8 Å². The van der Waals surface area contributed by atoms with Crippen LogP contribution in [0.3, 0.4) is 0 Å². The molecule has 0 aromatic carbocycles. The first-order valence-electron chi connectivity index (χ1n) is 5.62. The number of rotatable bonds is 4. The molecule has 17 heavy (non-hydrogen) atoms. The van der Waals surface area contributed by atoms with Crippen molar-refractivity contribution in [3.05, 3.63) is 12.4 Å². The van der Waals surface area contributed by atoms with E-state index in [-0.39, 0.29) is 0 Å². The Labute approximate surface area is 105 Å². The molecule has 0 amide bonds. The summed E-state index contributed by atoms with van der Waals surface area (Å²) in [5.41, 5.74) is -0.678. The van der Waals surface area contributed by atoms with Gasteiger partial charge in [0, 0.05) is 38.7 Å². The lowest BCUT2D eigenvalue weighted by atomic mass is 9.94. The Bertz CT molecular complexity index is 369. The second-order valence-corrected chi connectivity index (χ2v) is 4.96. The smallest absolute Gasteiger partial charge is 0.130 e. The zero-order chi connectivity index (χ0) is 12.1. The standard InChI is InChI=1S/C11H17N3O2S/c1-17-10-6-9(13-8-14-10)12-7-11(15)2-4-16-5-3-11/h6,8,15H,2-5,7H2,1H3,(H,12,13,14). The summed E-state index contributed by atoms with van der Waals surface area (Å²) in [5.74, 6) is 0.754. The second kappa shape index (κ2) is 5.66. The molecule has 5 nitrogen and oxygen atoms in total. The van der Waals surface area contributed by atoms with Gasteiger partial charge in [0.25, 0.3) is 0 Å². The van der Waals surface area contributed by atoms with Crippen molar-refractivity contribution in [3.63, 3.8) is 0 Å². The van der Waals surface area contributed by atoms with Gasteiger partial charge in [-0.1, -0.05) is 0 Å². The highest BCUT2D eigenvalue weighted by Crippen LogP contribution is 2.21. The van der Waals surface area contributed by atoms with Gasteiger partial charge in [-0.05, 0) is 6.26 Å². The summed E-state index contributed by atoms with van der Waals surface area (Å²) >= 11 is 1.57. The number of nitrogens with zero attached hydrogens (tertiary/aromatic N) is 2. The molecule has 1 aromatic heterocycles. The molecular formula is C11H17N3O2S. The van der Waals surface area contributed by atoms with Crippen molar-refractivity contribution >= 4 is 17.6 Å². The summed E-state index contributed by atoms with van der Waals surface area (Å²) in [6.45, 7) is 1.75. The van der Waals surface area contributed by atoms with Gasteiger partial charge in [-0.15, -0.1) is 11.8 Å². The Morgan fingerprint density at radius 1 is 1.47 bits per heavy atom. The Hall–Kier alpha value is -0.850. The van der Waals surface area contributed by atoms with E-state index in [4.69, 9.17) is 4.74 Å². The minimum atomic E-state index is -0.678. The van der Waals surface area contributed by atoms with Gasteiger partial charge in [-0.2, -0.15) is 0 Å². The minimum Gasteiger partial charge on any atom is -0.388 e. The van der Waals surface area contributed by atoms with Crippen molar-refractivity contribution in [2.24, 2.45) is 0 Å². The normalized spacial score (nSPS) is 18.9. The summed E-state index contributed by atoms with van der Waals surface area (Å²) in [6.07, 6.45) is 4.83. The quantitative estimate of drug-likeness (QED) is 0.621. The molecule has 0 saturated carbocycles. The van der Waals surface area contributed by atoms with E-state index >= 15 is 0 Å². The summed E-state index contributed by atoms with van der Waals surface area (Å²) in [7, 11) is 0. The van der Waals surface area contributed by atoms with E-state index in [1.165, 1.54) is 6.33 Å². The molecule has 2 rings (SSSR count). The number of hydrogen-bond donors (Lipinski definition) is 2. The average Bonchev–Trinajstić information content (AvgIpc) is 2.38. The molecule has 1 aromatic rings. The molecule has 94 valence electrons. The maximum atomic E-state index is 10.3. The predicted octanol–water partition coefficient (Wildman–Crippen LogP) is 1.15. The lowest BCUT2D eigenvalue weighted by Gasteiger charge is -2.32. The van der Waals surface area contributed by atoms with Crippen LogP contribution in [-0.4, -0.2) is 46.7 Å². The largest absolute Gasteiger partial charge is 0.388 e. The highest BCUT2D eigenvalue weighted by Gasteiger charge is 2.29. The van der Waals surface area contributed by atoms with Crippen molar-refractivity contribution in [1.29, 1.82) is 0 Å². The van der Waals surface area contributed by atoms with Crippen LogP contribution in [0.1, 0.15) is 12.8 Å². The number of nitrogens with one attached hydrogen (secondary N) is 1. The monoisotopic (exact) mass is 255 g/mol. The van der Waals surface area contributed by atoms with Gasteiger partial charge in [0.1, 0.15) is 17.2 Å². The topological polar surface area (TPSA) is 67.3 Å².